The van der Waals surface area contributed by atoms with E-state index in [2.05, 4.69) is 15.1 Å². The summed E-state index contributed by atoms with van der Waals surface area (Å²) < 4.78 is 6.68. The predicted molar refractivity (Wildman–Crippen MR) is 66.0 cm³/mol. The summed E-state index contributed by atoms with van der Waals surface area (Å²) in [5, 5.41) is 14.3. The Kier molecular flexibility index (Phi) is 3.41. The number of hydrogen-bond acceptors (Lipinski definition) is 6. The molecule has 0 saturated heterocycles. The minimum atomic E-state index is -0.632. The van der Waals surface area contributed by atoms with Gasteiger partial charge in [0.25, 0.3) is 0 Å². The maximum absolute atomic E-state index is 10.5. The fourth-order valence-corrected chi connectivity index (χ4v) is 1.83. The lowest BCUT2D eigenvalue weighted by Gasteiger charge is -2.11. The van der Waals surface area contributed by atoms with Crippen molar-refractivity contribution in [2.75, 3.05) is 7.11 Å². The van der Waals surface area contributed by atoms with E-state index in [1.807, 2.05) is 13.8 Å². The van der Waals surface area contributed by atoms with Gasteiger partial charge in [0.15, 0.2) is 0 Å². The summed E-state index contributed by atoms with van der Waals surface area (Å²) in [4.78, 5) is 17.8. The molecule has 0 aliphatic heterocycles. The number of nitro groups is 1. The molecule has 100 valence electrons. The maximum Gasteiger partial charge on any atom is 0.490 e. The summed E-state index contributed by atoms with van der Waals surface area (Å²) >= 11 is 0. The van der Waals surface area contributed by atoms with Crippen molar-refractivity contribution in [2.45, 2.75) is 20.4 Å². The fraction of sp³-hybridized carbons (Fsp3) is 0.364. The van der Waals surface area contributed by atoms with Gasteiger partial charge in [-0.2, -0.15) is 4.68 Å². The first-order chi connectivity index (χ1) is 9.02. The van der Waals surface area contributed by atoms with Crippen LogP contribution in [0.25, 0.3) is 0 Å². The van der Waals surface area contributed by atoms with E-state index in [1.165, 1.54) is 11.0 Å². The van der Waals surface area contributed by atoms with Crippen LogP contribution in [0.5, 0.6) is 5.75 Å². The van der Waals surface area contributed by atoms with E-state index >= 15 is 0 Å². The maximum atomic E-state index is 10.5. The van der Waals surface area contributed by atoms with E-state index in [1.54, 1.807) is 13.3 Å². The number of nitrogens with zero attached hydrogens (tertiary/aromatic N) is 5. The van der Waals surface area contributed by atoms with Crippen molar-refractivity contribution in [3.8, 4) is 5.75 Å². The quantitative estimate of drug-likeness (QED) is 0.608. The molecule has 2 heterocycles. The summed E-state index contributed by atoms with van der Waals surface area (Å²) in [6.45, 7) is 4.10. The summed E-state index contributed by atoms with van der Waals surface area (Å²) in [5.41, 5.74) is 2.57. The standard InChI is InChI=1S/C11H13N5O3/c1-7-4-12-9(8(2)10(7)19-3)5-15-6-13-11(14-15)16(17)18/h4,6H,5H2,1-3H3. The lowest BCUT2D eigenvalue weighted by Crippen LogP contribution is -2.07. The second-order valence-electron chi connectivity index (χ2n) is 4.05. The minimum Gasteiger partial charge on any atom is -0.496 e. The van der Waals surface area contributed by atoms with Crippen LogP contribution in [-0.2, 0) is 6.54 Å². The molecular weight excluding hydrogens is 250 g/mol. The molecule has 0 radical (unpaired) electrons. The van der Waals surface area contributed by atoms with Gasteiger partial charge in [-0.3, -0.25) is 4.98 Å². The number of aryl methyl sites for hydroxylation is 1. The lowest BCUT2D eigenvalue weighted by atomic mass is 10.1. The molecule has 2 aromatic rings. The number of methoxy groups -OCH3 is 1. The van der Waals surface area contributed by atoms with Crippen molar-refractivity contribution in [3.63, 3.8) is 0 Å². The number of rotatable bonds is 4. The number of aromatic nitrogens is 4. The largest absolute Gasteiger partial charge is 0.496 e. The molecule has 19 heavy (non-hydrogen) atoms. The monoisotopic (exact) mass is 263 g/mol. The van der Waals surface area contributed by atoms with E-state index in [0.717, 1.165) is 22.6 Å². The molecule has 0 unspecified atom stereocenters. The van der Waals surface area contributed by atoms with Crippen molar-refractivity contribution >= 4 is 5.95 Å². The summed E-state index contributed by atoms with van der Waals surface area (Å²) in [6.07, 6.45) is 3.01. The Hall–Kier alpha value is -2.51. The third-order valence-electron chi connectivity index (χ3n) is 2.75. The molecule has 0 fully saturated rings. The lowest BCUT2D eigenvalue weighted by molar-refractivity contribution is -0.394. The van der Waals surface area contributed by atoms with E-state index in [9.17, 15) is 10.1 Å². The highest BCUT2D eigenvalue weighted by atomic mass is 16.6. The summed E-state index contributed by atoms with van der Waals surface area (Å²) in [5.74, 6) is 0.344. The molecular formula is C11H13N5O3. The van der Waals surface area contributed by atoms with Crippen molar-refractivity contribution in [2.24, 2.45) is 0 Å². The van der Waals surface area contributed by atoms with Gasteiger partial charge in [0, 0.05) is 22.4 Å². The normalized spacial score (nSPS) is 10.5. The molecule has 8 heteroatoms. The van der Waals surface area contributed by atoms with E-state index in [0.29, 0.717) is 6.54 Å². The molecule has 0 bridgehead atoms. The third-order valence-corrected chi connectivity index (χ3v) is 2.75. The molecule has 0 amide bonds. The molecule has 0 atom stereocenters. The average molecular weight is 263 g/mol. The first-order valence-corrected chi connectivity index (χ1v) is 5.56. The van der Waals surface area contributed by atoms with Crippen molar-refractivity contribution in [1.82, 2.24) is 19.7 Å². The van der Waals surface area contributed by atoms with E-state index in [4.69, 9.17) is 4.74 Å². The van der Waals surface area contributed by atoms with Gasteiger partial charge in [-0.05, 0) is 18.8 Å². The first-order valence-electron chi connectivity index (χ1n) is 5.56. The highest BCUT2D eigenvalue weighted by Crippen LogP contribution is 2.24. The minimum absolute atomic E-state index is 0.309. The van der Waals surface area contributed by atoms with Crippen LogP contribution >= 0.6 is 0 Å². The van der Waals surface area contributed by atoms with Gasteiger partial charge < -0.3 is 14.9 Å². The van der Waals surface area contributed by atoms with Crippen LogP contribution in [-0.4, -0.2) is 31.8 Å². The van der Waals surface area contributed by atoms with Gasteiger partial charge >= 0.3 is 5.95 Å². The molecule has 0 aromatic carbocycles. The molecule has 0 aliphatic rings. The highest BCUT2D eigenvalue weighted by molar-refractivity contribution is 5.41. The second kappa shape index (κ2) is 5.01. The average Bonchev–Trinajstić information content (AvgIpc) is 2.82. The van der Waals surface area contributed by atoms with Gasteiger partial charge in [-0.1, -0.05) is 4.98 Å². The number of ether oxygens (including phenoxy) is 1. The smallest absolute Gasteiger partial charge is 0.490 e. The molecule has 2 aromatic heterocycles. The van der Waals surface area contributed by atoms with Gasteiger partial charge in [-0.25, -0.2) is 0 Å². The Morgan fingerprint density at radius 3 is 2.74 bits per heavy atom. The molecule has 0 saturated carbocycles. The molecule has 0 aliphatic carbocycles. The van der Waals surface area contributed by atoms with Crippen molar-refractivity contribution in [1.29, 1.82) is 0 Å². The van der Waals surface area contributed by atoms with Crippen LogP contribution in [0.1, 0.15) is 16.8 Å². The van der Waals surface area contributed by atoms with Crippen molar-refractivity contribution < 1.29 is 9.66 Å². The zero-order chi connectivity index (χ0) is 14.0. The third kappa shape index (κ3) is 2.51. The molecule has 2 rings (SSSR count). The molecule has 0 N–H and O–H groups in total. The van der Waals surface area contributed by atoms with E-state index in [-0.39, 0.29) is 0 Å². The molecule has 8 nitrogen and oxygen atoms in total. The van der Waals surface area contributed by atoms with Crippen LogP contribution in [0, 0.1) is 24.0 Å². The Labute approximate surface area is 109 Å². The summed E-state index contributed by atoms with van der Waals surface area (Å²) in [6, 6.07) is 0. The van der Waals surface area contributed by atoms with Crippen LogP contribution in [0.3, 0.4) is 0 Å². The highest BCUT2D eigenvalue weighted by Gasteiger charge is 2.16. The van der Waals surface area contributed by atoms with Gasteiger partial charge in [0.1, 0.15) is 12.3 Å². The number of hydrogen-bond donors (Lipinski definition) is 0. The fourth-order valence-electron chi connectivity index (χ4n) is 1.83. The van der Waals surface area contributed by atoms with Gasteiger partial charge in [0.05, 0.1) is 12.8 Å². The topological polar surface area (TPSA) is 96.0 Å². The Morgan fingerprint density at radius 1 is 1.42 bits per heavy atom. The predicted octanol–water partition coefficient (Wildman–Crippen LogP) is 1.26. The van der Waals surface area contributed by atoms with Crippen molar-refractivity contribution in [3.05, 3.63) is 39.5 Å². The Balaban J connectivity index is 2.30. The zero-order valence-corrected chi connectivity index (χ0v) is 10.8. The van der Waals surface area contributed by atoms with Crippen LogP contribution < -0.4 is 4.74 Å². The van der Waals surface area contributed by atoms with Crippen LogP contribution in [0.2, 0.25) is 0 Å². The second-order valence-corrected chi connectivity index (χ2v) is 4.05. The van der Waals surface area contributed by atoms with Gasteiger partial charge in [0.2, 0.25) is 6.33 Å². The number of pyridine rings is 1. The zero-order valence-electron chi connectivity index (χ0n) is 10.8. The SMILES string of the molecule is COc1c(C)cnc(Cn2cnc([N+](=O)[O-])n2)c1C. The summed E-state index contributed by atoms with van der Waals surface area (Å²) in [7, 11) is 1.60. The van der Waals surface area contributed by atoms with Crippen LogP contribution in [0.15, 0.2) is 12.5 Å². The van der Waals surface area contributed by atoms with Crippen LogP contribution in [0.4, 0.5) is 5.95 Å². The Bertz CT molecular complexity index is 623. The van der Waals surface area contributed by atoms with E-state index < -0.39 is 10.9 Å². The first kappa shape index (κ1) is 12.9. The molecule has 0 spiro atoms. The Morgan fingerprint density at radius 2 is 2.16 bits per heavy atom. The van der Waals surface area contributed by atoms with Gasteiger partial charge in [-0.15, -0.1) is 0 Å².